The smallest absolute Gasteiger partial charge is 0.337 e. The van der Waals surface area contributed by atoms with Crippen LogP contribution in [0.1, 0.15) is 10.4 Å². The fourth-order valence-corrected chi connectivity index (χ4v) is 5.20. The van der Waals surface area contributed by atoms with Crippen molar-refractivity contribution in [2.24, 2.45) is 0 Å². The third-order valence-electron chi connectivity index (χ3n) is 4.30. The van der Waals surface area contributed by atoms with E-state index >= 15 is 0 Å². The third kappa shape index (κ3) is 4.75. The van der Waals surface area contributed by atoms with Gasteiger partial charge < -0.3 is 9.47 Å². The van der Waals surface area contributed by atoms with Crippen LogP contribution in [0.5, 0.6) is 0 Å². The second kappa shape index (κ2) is 8.49. The molecule has 0 spiro atoms. The van der Waals surface area contributed by atoms with E-state index in [1.165, 1.54) is 59.9 Å². The molecule has 0 saturated carbocycles. The molecule has 1 N–H and O–H groups in total. The van der Waals surface area contributed by atoms with Crippen LogP contribution >= 0.6 is 0 Å². The highest BCUT2D eigenvalue weighted by atomic mass is 32.2. The average Bonchev–Trinajstić information content (AvgIpc) is 2.74. The highest BCUT2D eigenvalue weighted by molar-refractivity contribution is 7.92. The van der Waals surface area contributed by atoms with Gasteiger partial charge in [-0.05, 0) is 48.5 Å². The monoisotopic (exact) mass is 440 g/mol. The summed E-state index contributed by atoms with van der Waals surface area (Å²) in [5.41, 5.74) is 0.437. The van der Waals surface area contributed by atoms with E-state index in [-0.39, 0.29) is 34.1 Å². The number of sulfonamides is 2. The Hall–Kier alpha value is -2.47. The second-order valence-corrected chi connectivity index (χ2v) is 9.78. The Morgan fingerprint density at radius 3 is 2.03 bits per heavy atom. The number of morpholine rings is 1. The molecule has 1 heterocycles. The van der Waals surface area contributed by atoms with E-state index in [0.29, 0.717) is 13.2 Å². The number of esters is 1. The minimum atomic E-state index is -3.91. The summed E-state index contributed by atoms with van der Waals surface area (Å²) in [6.07, 6.45) is 0. The van der Waals surface area contributed by atoms with Gasteiger partial charge in [0, 0.05) is 18.8 Å². The van der Waals surface area contributed by atoms with E-state index in [9.17, 15) is 21.6 Å². The van der Waals surface area contributed by atoms with Crippen molar-refractivity contribution in [3.63, 3.8) is 0 Å². The highest BCUT2D eigenvalue weighted by Gasteiger charge is 2.26. The summed E-state index contributed by atoms with van der Waals surface area (Å²) >= 11 is 0. The first-order valence-corrected chi connectivity index (χ1v) is 11.6. The number of rotatable bonds is 6. The van der Waals surface area contributed by atoms with Crippen LogP contribution in [0.15, 0.2) is 58.3 Å². The standard InChI is InChI=1S/C18H20N2O7S2/c1-26-18(21)14-2-6-16(7-3-14)28(22,23)19-15-4-8-17(9-5-15)29(24,25)20-10-12-27-13-11-20/h2-9,19H,10-13H2,1H3. The Balaban J connectivity index is 1.75. The lowest BCUT2D eigenvalue weighted by Gasteiger charge is -2.26. The second-order valence-electron chi connectivity index (χ2n) is 6.16. The van der Waals surface area contributed by atoms with Gasteiger partial charge in [0.1, 0.15) is 0 Å². The number of carbonyl (C=O) groups excluding carboxylic acids is 1. The van der Waals surface area contributed by atoms with E-state index in [4.69, 9.17) is 4.74 Å². The van der Waals surface area contributed by atoms with E-state index in [1.807, 2.05) is 0 Å². The zero-order chi connectivity index (χ0) is 21.1. The van der Waals surface area contributed by atoms with Crippen molar-refractivity contribution in [1.82, 2.24) is 4.31 Å². The molecule has 2 aromatic carbocycles. The van der Waals surface area contributed by atoms with Gasteiger partial charge in [-0.3, -0.25) is 4.72 Å². The van der Waals surface area contributed by atoms with Crippen molar-refractivity contribution in [3.8, 4) is 0 Å². The third-order valence-corrected chi connectivity index (χ3v) is 7.61. The Bertz CT molecular complexity index is 1070. The fourth-order valence-electron chi connectivity index (χ4n) is 2.73. The van der Waals surface area contributed by atoms with Crippen molar-refractivity contribution in [1.29, 1.82) is 0 Å². The van der Waals surface area contributed by atoms with E-state index in [1.54, 1.807) is 0 Å². The molecule has 0 amide bonds. The molecule has 3 rings (SSSR count). The fraction of sp³-hybridized carbons (Fsp3) is 0.278. The number of ether oxygens (including phenoxy) is 2. The van der Waals surface area contributed by atoms with Crippen LogP contribution in [0.2, 0.25) is 0 Å². The summed E-state index contributed by atoms with van der Waals surface area (Å²) in [5, 5.41) is 0. The van der Waals surface area contributed by atoms with Crippen LogP contribution in [0, 0.1) is 0 Å². The molecule has 2 aromatic rings. The molecule has 0 unspecified atom stereocenters. The Kier molecular flexibility index (Phi) is 6.22. The molecule has 0 radical (unpaired) electrons. The number of hydrogen-bond donors (Lipinski definition) is 1. The first kappa shape index (κ1) is 21.2. The lowest BCUT2D eigenvalue weighted by molar-refractivity contribution is 0.0600. The normalized spacial score (nSPS) is 15.6. The van der Waals surface area contributed by atoms with Crippen LogP contribution < -0.4 is 4.72 Å². The molecule has 1 saturated heterocycles. The quantitative estimate of drug-likeness (QED) is 0.672. The minimum Gasteiger partial charge on any atom is -0.465 e. The molecule has 11 heteroatoms. The van der Waals surface area contributed by atoms with Crippen molar-refractivity contribution < 1.29 is 31.1 Å². The van der Waals surface area contributed by atoms with Gasteiger partial charge in [0.15, 0.2) is 0 Å². The van der Waals surface area contributed by atoms with Gasteiger partial charge in [-0.15, -0.1) is 0 Å². The van der Waals surface area contributed by atoms with Crippen molar-refractivity contribution in [3.05, 3.63) is 54.1 Å². The lowest BCUT2D eigenvalue weighted by atomic mass is 10.2. The molecule has 0 bridgehead atoms. The predicted molar refractivity (Wildman–Crippen MR) is 105 cm³/mol. The predicted octanol–water partition coefficient (Wildman–Crippen LogP) is 1.29. The summed E-state index contributed by atoms with van der Waals surface area (Å²) in [7, 11) is -6.33. The molecular formula is C18H20N2O7S2. The number of nitrogens with one attached hydrogen (secondary N) is 1. The molecule has 1 aliphatic heterocycles. The van der Waals surface area contributed by atoms with Crippen LogP contribution in [0.3, 0.4) is 0 Å². The molecule has 1 aliphatic rings. The maximum Gasteiger partial charge on any atom is 0.337 e. The minimum absolute atomic E-state index is 0.0461. The summed E-state index contributed by atoms with van der Waals surface area (Å²) < 4.78 is 63.7. The maximum atomic E-state index is 12.6. The van der Waals surface area contributed by atoms with Gasteiger partial charge in [0.2, 0.25) is 10.0 Å². The summed E-state index contributed by atoms with van der Waals surface area (Å²) in [6.45, 7) is 1.23. The highest BCUT2D eigenvalue weighted by Crippen LogP contribution is 2.21. The number of carbonyl (C=O) groups is 1. The molecule has 29 heavy (non-hydrogen) atoms. The van der Waals surface area contributed by atoms with Crippen molar-refractivity contribution in [2.75, 3.05) is 38.1 Å². The largest absolute Gasteiger partial charge is 0.465 e. The Morgan fingerprint density at radius 2 is 1.48 bits per heavy atom. The zero-order valence-corrected chi connectivity index (χ0v) is 17.2. The number of benzene rings is 2. The number of anilines is 1. The maximum absolute atomic E-state index is 12.6. The average molecular weight is 440 g/mol. The van der Waals surface area contributed by atoms with Gasteiger partial charge in [-0.25, -0.2) is 21.6 Å². The van der Waals surface area contributed by atoms with Gasteiger partial charge >= 0.3 is 5.97 Å². The lowest BCUT2D eigenvalue weighted by Crippen LogP contribution is -2.40. The molecular weight excluding hydrogens is 420 g/mol. The summed E-state index contributed by atoms with van der Waals surface area (Å²) in [6, 6.07) is 10.7. The van der Waals surface area contributed by atoms with Crippen molar-refractivity contribution >= 4 is 31.7 Å². The van der Waals surface area contributed by atoms with E-state index in [2.05, 4.69) is 9.46 Å². The zero-order valence-electron chi connectivity index (χ0n) is 15.6. The van der Waals surface area contributed by atoms with Crippen LogP contribution in [0.25, 0.3) is 0 Å². The van der Waals surface area contributed by atoms with E-state index < -0.39 is 26.0 Å². The van der Waals surface area contributed by atoms with Gasteiger partial charge in [0.25, 0.3) is 10.0 Å². The number of nitrogens with zero attached hydrogens (tertiary/aromatic N) is 1. The van der Waals surface area contributed by atoms with Gasteiger partial charge in [-0.2, -0.15) is 4.31 Å². The number of methoxy groups -OCH3 is 1. The SMILES string of the molecule is COC(=O)c1ccc(S(=O)(=O)Nc2ccc(S(=O)(=O)N3CCOCC3)cc2)cc1. The van der Waals surface area contributed by atoms with Crippen LogP contribution in [0.4, 0.5) is 5.69 Å². The molecule has 0 atom stereocenters. The Labute approximate surface area is 169 Å². The Morgan fingerprint density at radius 1 is 0.931 bits per heavy atom. The van der Waals surface area contributed by atoms with E-state index in [0.717, 1.165) is 0 Å². The summed E-state index contributed by atoms with van der Waals surface area (Å²) in [5.74, 6) is -0.570. The molecule has 156 valence electrons. The van der Waals surface area contributed by atoms with Gasteiger partial charge in [0.05, 0.1) is 35.7 Å². The molecule has 1 fully saturated rings. The number of hydrogen-bond acceptors (Lipinski definition) is 7. The summed E-state index contributed by atoms with van der Waals surface area (Å²) in [4.78, 5) is 11.5. The molecule has 9 nitrogen and oxygen atoms in total. The van der Waals surface area contributed by atoms with Crippen LogP contribution in [-0.4, -0.2) is 60.5 Å². The molecule has 0 aromatic heterocycles. The first-order valence-electron chi connectivity index (χ1n) is 8.63. The molecule has 0 aliphatic carbocycles. The van der Waals surface area contributed by atoms with Crippen LogP contribution in [-0.2, 0) is 29.5 Å². The first-order chi connectivity index (χ1) is 13.7. The van der Waals surface area contributed by atoms with Crippen molar-refractivity contribution in [2.45, 2.75) is 9.79 Å². The van der Waals surface area contributed by atoms with Gasteiger partial charge in [-0.1, -0.05) is 0 Å². The topological polar surface area (TPSA) is 119 Å².